The van der Waals surface area contributed by atoms with Crippen LogP contribution in [0, 0.1) is 0 Å². The topological polar surface area (TPSA) is 87.2 Å². The van der Waals surface area contributed by atoms with Crippen molar-refractivity contribution >= 4 is 28.6 Å². The number of nitrogens with zero attached hydrogens (tertiary/aromatic N) is 2. The highest BCUT2D eigenvalue weighted by atomic mass is 32.2. The van der Waals surface area contributed by atoms with Crippen LogP contribution in [0.25, 0.3) is 10.9 Å². The van der Waals surface area contributed by atoms with Gasteiger partial charge < -0.3 is 10.5 Å². The number of primary amides is 1. The number of rotatable bonds is 9. The maximum Gasteiger partial charge on any atom is 0.261 e. The molecule has 1 amide bonds. The average Bonchev–Trinajstić information content (AvgIpc) is 2.72. The molecule has 1 unspecified atom stereocenters. The van der Waals surface area contributed by atoms with E-state index in [1.165, 1.54) is 0 Å². The van der Waals surface area contributed by atoms with Crippen LogP contribution in [0.15, 0.2) is 53.3 Å². The van der Waals surface area contributed by atoms with Crippen molar-refractivity contribution in [2.24, 2.45) is 12.8 Å². The van der Waals surface area contributed by atoms with E-state index in [0.717, 1.165) is 11.3 Å². The number of thioether (sulfide) groups is 1. The molecule has 158 valence electrons. The highest BCUT2D eigenvalue weighted by Gasteiger charge is 2.18. The van der Waals surface area contributed by atoms with Gasteiger partial charge in [0.1, 0.15) is 11.6 Å². The van der Waals surface area contributed by atoms with Crippen LogP contribution < -0.4 is 16.0 Å². The lowest BCUT2D eigenvalue weighted by Gasteiger charge is -2.16. The molecule has 0 spiro atoms. The van der Waals surface area contributed by atoms with Crippen LogP contribution in [0.3, 0.4) is 0 Å². The summed E-state index contributed by atoms with van der Waals surface area (Å²) in [6, 6.07) is 15.0. The van der Waals surface area contributed by atoms with Crippen LogP contribution in [0.4, 0.5) is 0 Å². The number of benzene rings is 2. The van der Waals surface area contributed by atoms with E-state index in [-0.39, 0.29) is 16.7 Å². The van der Waals surface area contributed by atoms with Gasteiger partial charge in [-0.1, -0.05) is 38.1 Å². The van der Waals surface area contributed by atoms with Gasteiger partial charge in [-0.2, -0.15) is 0 Å². The first-order valence-corrected chi connectivity index (χ1v) is 10.9. The number of nitrogens with two attached hydrogens (primary N) is 1. The number of ether oxygens (including phenoxy) is 1. The number of fused-ring (bicyclic) bond motifs is 1. The van der Waals surface area contributed by atoms with Crippen LogP contribution in [-0.2, 0) is 24.7 Å². The number of aromatic nitrogens is 2. The van der Waals surface area contributed by atoms with Crippen LogP contribution in [0.1, 0.15) is 25.2 Å². The van der Waals surface area contributed by atoms with Gasteiger partial charge in [-0.05, 0) is 41.5 Å². The van der Waals surface area contributed by atoms with Crippen molar-refractivity contribution < 1.29 is 9.53 Å². The normalized spacial score (nSPS) is 12.3. The molecule has 2 N–H and O–H groups in total. The maximum atomic E-state index is 12.5. The fraction of sp³-hybridized carbons (Fsp3) is 0.348. The van der Waals surface area contributed by atoms with E-state index in [2.05, 4.69) is 18.8 Å². The summed E-state index contributed by atoms with van der Waals surface area (Å²) >= 11 is 1.58. The van der Waals surface area contributed by atoms with E-state index in [0.29, 0.717) is 41.4 Å². The molecule has 0 saturated heterocycles. The third-order valence-corrected chi connectivity index (χ3v) is 6.04. The summed E-state index contributed by atoms with van der Waals surface area (Å²) < 4.78 is 7.41. The van der Waals surface area contributed by atoms with Crippen LogP contribution in [0.2, 0.25) is 0 Å². The molecular weight excluding hydrogens is 398 g/mol. The lowest BCUT2D eigenvalue weighted by molar-refractivity contribution is -0.117. The molecule has 0 saturated carbocycles. The highest BCUT2D eigenvalue weighted by molar-refractivity contribution is 8.01. The predicted molar refractivity (Wildman–Crippen MR) is 122 cm³/mol. The van der Waals surface area contributed by atoms with E-state index < -0.39 is 0 Å². The Kier molecular flexibility index (Phi) is 7.15. The molecule has 6 nitrogen and oxygen atoms in total. The number of para-hydroxylation sites is 1. The summed E-state index contributed by atoms with van der Waals surface area (Å²) in [5.74, 6) is 1.13. The van der Waals surface area contributed by atoms with Gasteiger partial charge in [0.05, 0.1) is 22.8 Å². The molecule has 1 aromatic heterocycles. The second kappa shape index (κ2) is 9.80. The highest BCUT2D eigenvalue weighted by Crippen LogP contribution is 2.22. The minimum Gasteiger partial charge on any atom is -0.493 e. The Hall–Kier alpha value is -2.80. The van der Waals surface area contributed by atoms with Crippen molar-refractivity contribution in [3.63, 3.8) is 0 Å². The average molecular weight is 426 g/mol. The summed E-state index contributed by atoms with van der Waals surface area (Å²) in [4.78, 5) is 28.7. The van der Waals surface area contributed by atoms with Crippen LogP contribution >= 0.6 is 11.8 Å². The molecule has 30 heavy (non-hydrogen) atoms. The SMILES string of the molecule is CC(C)SC(Cc1ccc(OCCc2nc3ccccc3c(=O)n2C)cc1)C(N)=O. The lowest BCUT2D eigenvalue weighted by Crippen LogP contribution is -2.29. The van der Waals surface area contributed by atoms with Gasteiger partial charge in [0, 0.05) is 13.5 Å². The second-order valence-corrected chi connectivity index (χ2v) is 9.22. The minimum absolute atomic E-state index is 0.0526. The van der Waals surface area contributed by atoms with Gasteiger partial charge in [-0.15, -0.1) is 11.8 Å². The Morgan fingerprint density at radius 3 is 2.53 bits per heavy atom. The Balaban J connectivity index is 1.61. The van der Waals surface area contributed by atoms with Gasteiger partial charge in [0.2, 0.25) is 5.91 Å². The van der Waals surface area contributed by atoms with Gasteiger partial charge in [0.25, 0.3) is 5.56 Å². The van der Waals surface area contributed by atoms with Gasteiger partial charge in [-0.3, -0.25) is 14.2 Å². The first kappa shape index (κ1) is 21.9. The molecule has 0 aliphatic heterocycles. The van der Waals surface area contributed by atoms with Gasteiger partial charge >= 0.3 is 0 Å². The molecule has 1 heterocycles. The third kappa shape index (κ3) is 5.42. The summed E-state index contributed by atoms with van der Waals surface area (Å²) in [5, 5.41) is 0.715. The van der Waals surface area contributed by atoms with E-state index in [1.54, 1.807) is 29.4 Å². The van der Waals surface area contributed by atoms with Crippen molar-refractivity contribution in [2.45, 2.75) is 37.2 Å². The zero-order valence-electron chi connectivity index (χ0n) is 17.5. The fourth-order valence-corrected chi connectivity index (χ4v) is 4.31. The first-order valence-electron chi connectivity index (χ1n) is 9.96. The molecule has 0 aliphatic carbocycles. The van der Waals surface area contributed by atoms with E-state index in [4.69, 9.17) is 10.5 Å². The molecule has 1 atom stereocenters. The van der Waals surface area contributed by atoms with Crippen LogP contribution in [0.5, 0.6) is 5.75 Å². The van der Waals surface area contributed by atoms with Crippen molar-refractivity contribution in [1.82, 2.24) is 9.55 Å². The molecule has 7 heteroatoms. The second-order valence-electron chi connectivity index (χ2n) is 7.43. The fourth-order valence-electron chi connectivity index (χ4n) is 3.23. The van der Waals surface area contributed by atoms with Crippen molar-refractivity contribution in [3.8, 4) is 5.75 Å². The Morgan fingerprint density at radius 1 is 1.17 bits per heavy atom. The quantitative estimate of drug-likeness (QED) is 0.569. The number of hydrogen-bond acceptors (Lipinski definition) is 5. The summed E-state index contributed by atoms with van der Waals surface area (Å²) in [5.41, 5.74) is 7.21. The van der Waals surface area contributed by atoms with Crippen LogP contribution in [-0.4, -0.2) is 32.6 Å². The molecule has 0 fully saturated rings. The van der Waals surface area contributed by atoms with Gasteiger partial charge in [0.15, 0.2) is 0 Å². The largest absolute Gasteiger partial charge is 0.493 e. The number of carbonyl (C=O) groups excluding carboxylic acids is 1. The van der Waals surface area contributed by atoms with E-state index in [9.17, 15) is 9.59 Å². The Labute approximate surface area is 180 Å². The number of amides is 1. The monoisotopic (exact) mass is 425 g/mol. The molecule has 0 radical (unpaired) electrons. The number of hydrogen-bond donors (Lipinski definition) is 1. The molecule has 2 aromatic carbocycles. The first-order chi connectivity index (χ1) is 14.3. The molecule has 0 aliphatic rings. The molecular formula is C23H27N3O3S. The number of carbonyl (C=O) groups is 1. The van der Waals surface area contributed by atoms with Crippen molar-refractivity contribution in [1.29, 1.82) is 0 Å². The predicted octanol–water partition coefficient (Wildman–Crippen LogP) is 3.09. The standard InChI is InChI=1S/C23H27N3O3S/c1-15(2)30-20(22(24)27)14-16-8-10-17(11-9-16)29-13-12-21-25-19-7-5-4-6-18(19)23(28)26(21)3/h4-11,15,20H,12-14H2,1-3H3,(H2,24,27). The van der Waals surface area contributed by atoms with Crippen molar-refractivity contribution in [2.75, 3.05) is 6.61 Å². The minimum atomic E-state index is -0.289. The maximum absolute atomic E-state index is 12.5. The Morgan fingerprint density at radius 2 is 1.87 bits per heavy atom. The zero-order valence-corrected chi connectivity index (χ0v) is 18.3. The van der Waals surface area contributed by atoms with Crippen molar-refractivity contribution in [3.05, 3.63) is 70.3 Å². The molecule has 3 aromatic rings. The van der Waals surface area contributed by atoms with E-state index >= 15 is 0 Å². The zero-order chi connectivity index (χ0) is 21.7. The molecule has 0 bridgehead atoms. The molecule has 3 rings (SSSR count). The Bertz CT molecular complexity index is 1080. The summed E-state index contributed by atoms with van der Waals surface area (Å²) in [6.07, 6.45) is 1.12. The van der Waals surface area contributed by atoms with E-state index in [1.807, 2.05) is 42.5 Å². The summed E-state index contributed by atoms with van der Waals surface area (Å²) in [7, 11) is 1.73. The lowest BCUT2D eigenvalue weighted by atomic mass is 10.1. The summed E-state index contributed by atoms with van der Waals surface area (Å²) in [6.45, 7) is 4.51. The smallest absolute Gasteiger partial charge is 0.261 e. The third-order valence-electron chi connectivity index (χ3n) is 4.77. The van der Waals surface area contributed by atoms with Gasteiger partial charge in [-0.25, -0.2) is 4.98 Å².